The van der Waals surface area contributed by atoms with Crippen LogP contribution >= 0.6 is 11.8 Å². The number of thioether (sulfide) groups is 1. The summed E-state index contributed by atoms with van der Waals surface area (Å²) in [7, 11) is 0. The van der Waals surface area contributed by atoms with Gasteiger partial charge in [-0.05, 0) is 19.3 Å². The molecular weight excluding hydrogens is 210 g/mol. The van der Waals surface area contributed by atoms with E-state index in [4.69, 9.17) is 0 Å². The largest absolute Gasteiger partial charge is 0.303 e. The molecule has 5 heteroatoms. The van der Waals surface area contributed by atoms with Gasteiger partial charge in [0.2, 0.25) is 5.91 Å². The first-order chi connectivity index (χ1) is 7.21. The predicted octanol–water partition coefficient (Wildman–Crippen LogP) is 2.16. The first-order valence-corrected chi connectivity index (χ1v) is 6.20. The van der Waals surface area contributed by atoms with Gasteiger partial charge in [-0.25, -0.2) is 0 Å². The van der Waals surface area contributed by atoms with Gasteiger partial charge >= 0.3 is 0 Å². The topological polar surface area (TPSA) is 53.8 Å². The second-order valence-corrected chi connectivity index (χ2v) is 4.47. The highest BCUT2D eigenvalue weighted by molar-refractivity contribution is 8.15. The molecule has 0 aromatic carbocycles. The van der Waals surface area contributed by atoms with Gasteiger partial charge in [-0.1, -0.05) is 32.5 Å². The molecule has 0 radical (unpaired) electrons. The quantitative estimate of drug-likeness (QED) is 0.591. The molecule has 0 aromatic heterocycles. The lowest BCUT2D eigenvalue weighted by Crippen LogP contribution is -2.24. The van der Waals surface area contributed by atoms with Gasteiger partial charge in [0, 0.05) is 5.71 Å². The smallest absolute Gasteiger partial charge is 0.239 e. The normalized spacial score (nSPS) is 23.0. The summed E-state index contributed by atoms with van der Waals surface area (Å²) in [5.74, 6) is 0.0472. The minimum absolute atomic E-state index is 0.00523. The molecule has 84 valence electrons. The molecular formula is C10H17N3OS. The fourth-order valence-electron chi connectivity index (χ4n) is 1.23. The van der Waals surface area contributed by atoms with Crippen LogP contribution in [-0.4, -0.2) is 22.0 Å². The Kier molecular flexibility index (Phi) is 4.81. The molecule has 1 fully saturated rings. The zero-order valence-corrected chi connectivity index (χ0v) is 10.2. The van der Waals surface area contributed by atoms with Crippen LogP contribution in [-0.2, 0) is 4.79 Å². The Morgan fingerprint density at radius 1 is 1.40 bits per heavy atom. The molecule has 1 saturated heterocycles. The second-order valence-electron chi connectivity index (χ2n) is 3.28. The molecule has 0 bridgehead atoms. The molecule has 1 N–H and O–H groups in total. The maximum absolute atomic E-state index is 11.3. The van der Waals surface area contributed by atoms with Crippen molar-refractivity contribution in [3.05, 3.63) is 0 Å². The fourth-order valence-corrected chi connectivity index (χ4v) is 2.08. The van der Waals surface area contributed by atoms with Gasteiger partial charge in [-0.2, -0.15) is 5.10 Å². The number of nitrogens with one attached hydrogen (secondary N) is 1. The Balaban J connectivity index is 2.63. The summed E-state index contributed by atoms with van der Waals surface area (Å²) in [5, 5.41) is 11.5. The van der Waals surface area contributed by atoms with Crippen LogP contribution in [0.2, 0.25) is 0 Å². The lowest BCUT2D eigenvalue weighted by Gasteiger charge is -1.96. The van der Waals surface area contributed by atoms with Gasteiger partial charge in [0.05, 0.1) is 5.25 Å². The summed E-state index contributed by atoms with van der Waals surface area (Å²) in [4.78, 5) is 11.3. The third-order valence-corrected chi connectivity index (χ3v) is 3.48. The van der Waals surface area contributed by atoms with Crippen molar-refractivity contribution < 1.29 is 4.79 Å². The predicted molar refractivity (Wildman–Crippen MR) is 65.3 cm³/mol. The van der Waals surface area contributed by atoms with E-state index in [1.54, 1.807) is 0 Å². The lowest BCUT2D eigenvalue weighted by molar-refractivity contribution is -0.118. The first kappa shape index (κ1) is 12.2. The van der Waals surface area contributed by atoms with Crippen LogP contribution in [0.1, 0.15) is 40.0 Å². The second kappa shape index (κ2) is 5.90. The van der Waals surface area contributed by atoms with E-state index in [0.29, 0.717) is 5.17 Å². The molecule has 1 aliphatic heterocycles. The van der Waals surface area contributed by atoms with Crippen molar-refractivity contribution in [3.63, 3.8) is 0 Å². The third kappa shape index (κ3) is 3.34. The summed E-state index contributed by atoms with van der Waals surface area (Å²) < 4.78 is 0. The van der Waals surface area contributed by atoms with Crippen molar-refractivity contribution in [2.75, 3.05) is 0 Å². The van der Waals surface area contributed by atoms with Gasteiger partial charge in [-0.15, -0.1) is 5.10 Å². The average molecular weight is 227 g/mol. The van der Waals surface area contributed by atoms with E-state index in [-0.39, 0.29) is 11.2 Å². The molecule has 1 rings (SSSR count). The first-order valence-electron chi connectivity index (χ1n) is 5.32. The van der Waals surface area contributed by atoms with E-state index in [2.05, 4.69) is 29.4 Å². The highest BCUT2D eigenvalue weighted by atomic mass is 32.2. The molecule has 0 saturated carbocycles. The van der Waals surface area contributed by atoms with Crippen LogP contribution in [0.4, 0.5) is 0 Å². The van der Waals surface area contributed by atoms with Crippen LogP contribution in [0.5, 0.6) is 0 Å². The summed E-state index contributed by atoms with van der Waals surface area (Å²) >= 11 is 1.46. The number of rotatable bonds is 4. The molecule has 1 heterocycles. The molecule has 15 heavy (non-hydrogen) atoms. The highest BCUT2D eigenvalue weighted by Crippen LogP contribution is 2.21. The summed E-state index contributed by atoms with van der Waals surface area (Å²) in [6.07, 6.45) is 2.64. The zero-order chi connectivity index (χ0) is 11.3. The molecule has 0 aromatic rings. The van der Waals surface area contributed by atoms with E-state index < -0.39 is 0 Å². The molecule has 4 nitrogen and oxygen atoms in total. The number of hydrogen-bond donors (Lipinski definition) is 1. The van der Waals surface area contributed by atoms with E-state index in [0.717, 1.165) is 25.0 Å². The molecule has 0 aliphatic carbocycles. The van der Waals surface area contributed by atoms with Crippen molar-refractivity contribution in [3.8, 4) is 0 Å². The van der Waals surface area contributed by atoms with Crippen LogP contribution in [0.15, 0.2) is 10.2 Å². The van der Waals surface area contributed by atoms with Crippen molar-refractivity contribution in [2.45, 2.75) is 45.3 Å². The summed E-state index contributed by atoms with van der Waals surface area (Å²) in [5.41, 5.74) is 1.05. The number of amidine groups is 1. The molecule has 1 aliphatic rings. The Morgan fingerprint density at radius 3 is 2.53 bits per heavy atom. The summed E-state index contributed by atoms with van der Waals surface area (Å²) in [6, 6.07) is 0. The average Bonchev–Trinajstić information content (AvgIpc) is 2.60. The van der Waals surface area contributed by atoms with E-state index in [1.165, 1.54) is 11.8 Å². The van der Waals surface area contributed by atoms with E-state index in [1.807, 2.05) is 6.92 Å². The minimum atomic E-state index is 0.00523. The van der Waals surface area contributed by atoms with E-state index >= 15 is 0 Å². The van der Waals surface area contributed by atoms with Crippen molar-refractivity contribution in [2.24, 2.45) is 10.2 Å². The van der Waals surface area contributed by atoms with Crippen LogP contribution in [0.3, 0.4) is 0 Å². The van der Waals surface area contributed by atoms with Gasteiger partial charge in [0.1, 0.15) is 0 Å². The number of carbonyl (C=O) groups excluding carboxylic acids is 1. The van der Waals surface area contributed by atoms with Gasteiger partial charge in [0.25, 0.3) is 0 Å². The van der Waals surface area contributed by atoms with Gasteiger partial charge in [-0.3, -0.25) is 4.79 Å². The number of nitrogens with zero attached hydrogens (tertiary/aromatic N) is 2. The van der Waals surface area contributed by atoms with Crippen molar-refractivity contribution in [1.82, 2.24) is 5.32 Å². The number of carbonyl (C=O) groups is 1. The van der Waals surface area contributed by atoms with Crippen molar-refractivity contribution in [1.29, 1.82) is 0 Å². The maximum atomic E-state index is 11.3. The highest BCUT2D eigenvalue weighted by Gasteiger charge is 2.28. The minimum Gasteiger partial charge on any atom is -0.303 e. The maximum Gasteiger partial charge on any atom is 0.239 e. The zero-order valence-electron chi connectivity index (χ0n) is 9.41. The third-order valence-electron chi connectivity index (χ3n) is 2.25. The van der Waals surface area contributed by atoms with Gasteiger partial charge < -0.3 is 5.32 Å². The monoisotopic (exact) mass is 227 g/mol. The molecule has 1 unspecified atom stereocenters. The van der Waals surface area contributed by atoms with Crippen LogP contribution < -0.4 is 5.32 Å². The number of amides is 1. The van der Waals surface area contributed by atoms with E-state index in [9.17, 15) is 4.79 Å². The molecule has 1 amide bonds. The Bertz CT molecular complexity index is 293. The standard InChI is InChI=1S/C10H17N3OS/c1-4-7(5-2)12-13-10-11-9(14)8(6-3)15-10/h8H,4-6H2,1-3H3,(H,11,13,14). The summed E-state index contributed by atoms with van der Waals surface area (Å²) in [6.45, 7) is 6.10. The van der Waals surface area contributed by atoms with Crippen molar-refractivity contribution >= 4 is 28.5 Å². The Labute approximate surface area is 94.6 Å². The fraction of sp³-hybridized carbons (Fsp3) is 0.700. The van der Waals surface area contributed by atoms with Gasteiger partial charge in [0.15, 0.2) is 5.17 Å². The molecule has 1 atom stereocenters. The van der Waals surface area contributed by atoms with Crippen LogP contribution in [0, 0.1) is 0 Å². The molecule has 0 spiro atoms. The SMILES string of the molecule is CCC(CC)=N/N=C1\NC(=O)C(CC)S1. The lowest BCUT2D eigenvalue weighted by atomic mass is 10.2. The Morgan fingerprint density at radius 2 is 2.07 bits per heavy atom. The number of hydrogen-bond acceptors (Lipinski definition) is 4. The Hall–Kier alpha value is -0.840. The van der Waals surface area contributed by atoms with Crippen LogP contribution in [0.25, 0.3) is 0 Å².